The molecule has 11 rings (SSSR count). The minimum absolute atomic E-state index is 0.639. The monoisotopic (exact) mass is 711 g/mol. The van der Waals surface area contributed by atoms with Crippen molar-refractivity contribution in [1.29, 1.82) is 0 Å². The molecule has 0 N–H and O–H groups in total. The van der Waals surface area contributed by atoms with Crippen molar-refractivity contribution < 1.29 is 0 Å². The van der Waals surface area contributed by atoms with Gasteiger partial charge in [-0.2, -0.15) is 0 Å². The van der Waals surface area contributed by atoms with Crippen LogP contribution < -0.4 is 0 Å². The van der Waals surface area contributed by atoms with Crippen LogP contribution in [0.4, 0.5) is 0 Å². The Balaban J connectivity index is 1.02. The number of aromatic nitrogens is 3. The highest BCUT2D eigenvalue weighted by Crippen LogP contribution is 2.43. The van der Waals surface area contributed by atoms with Gasteiger partial charge >= 0.3 is 0 Å². The summed E-state index contributed by atoms with van der Waals surface area (Å²) in [7, 11) is 0. The van der Waals surface area contributed by atoms with Crippen LogP contribution in [0.3, 0.4) is 0 Å². The molecule has 3 nitrogen and oxygen atoms in total. The third kappa shape index (κ3) is 5.40. The van der Waals surface area contributed by atoms with Crippen molar-refractivity contribution in [3.05, 3.63) is 200 Å². The van der Waals surface area contributed by atoms with Crippen LogP contribution in [0.25, 0.3) is 110 Å². The minimum Gasteiger partial charge on any atom is -0.208 e. The summed E-state index contributed by atoms with van der Waals surface area (Å²) in [6.45, 7) is 0. The molecule has 0 unspecified atom stereocenters. The molecule has 0 spiro atoms. The Labute approximate surface area is 324 Å². The zero-order valence-electron chi connectivity index (χ0n) is 30.4. The van der Waals surface area contributed by atoms with Crippen LogP contribution in [0.2, 0.25) is 0 Å². The van der Waals surface area contributed by atoms with E-state index in [0.717, 1.165) is 27.8 Å². The van der Waals surface area contributed by atoms with E-state index in [1.807, 2.05) is 30.3 Å². The van der Waals surface area contributed by atoms with Gasteiger partial charge in [-0.05, 0) is 88.2 Å². The number of benzene rings is 10. The number of nitrogens with zero attached hydrogens (tertiary/aromatic N) is 3. The van der Waals surface area contributed by atoms with Crippen molar-refractivity contribution in [2.45, 2.75) is 0 Å². The molecule has 10 aromatic carbocycles. The lowest BCUT2D eigenvalue weighted by molar-refractivity contribution is 1.07. The predicted octanol–water partition coefficient (Wildman–Crippen LogP) is 14.0. The molecule has 0 saturated carbocycles. The largest absolute Gasteiger partial charge is 0.208 e. The average molecular weight is 712 g/mol. The quantitative estimate of drug-likeness (QED) is 0.167. The van der Waals surface area contributed by atoms with E-state index in [4.69, 9.17) is 15.0 Å². The molecule has 0 radical (unpaired) electrons. The number of rotatable bonds is 5. The molecule has 0 atom stereocenters. The average Bonchev–Trinajstić information content (AvgIpc) is 3.29. The van der Waals surface area contributed by atoms with E-state index in [-0.39, 0.29) is 0 Å². The van der Waals surface area contributed by atoms with Gasteiger partial charge in [0, 0.05) is 16.7 Å². The van der Waals surface area contributed by atoms with Gasteiger partial charge in [-0.25, -0.2) is 15.0 Å². The molecule has 0 aliphatic heterocycles. The smallest absolute Gasteiger partial charge is 0.164 e. The topological polar surface area (TPSA) is 38.7 Å². The third-order valence-electron chi connectivity index (χ3n) is 11.1. The molecule has 3 heteroatoms. The van der Waals surface area contributed by atoms with Crippen molar-refractivity contribution in [2.75, 3.05) is 0 Å². The molecule has 0 aliphatic carbocycles. The molecule has 1 heterocycles. The summed E-state index contributed by atoms with van der Waals surface area (Å²) in [6, 6.07) is 71.2. The summed E-state index contributed by atoms with van der Waals surface area (Å²) in [4.78, 5) is 15.1. The van der Waals surface area contributed by atoms with Gasteiger partial charge in [0.25, 0.3) is 0 Å². The first-order chi connectivity index (χ1) is 27.7. The number of hydrogen-bond acceptors (Lipinski definition) is 3. The van der Waals surface area contributed by atoms with E-state index in [1.54, 1.807) is 0 Å². The lowest BCUT2D eigenvalue weighted by Crippen LogP contribution is -2.00. The molecule has 260 valence electrons. The molecule has 0 bridgehead atoms. The Morgan fingerprint density at radius 3 is 1.27 bits per heavy atom. The van der Waals surface area contributed by atoms with E-state index >= 15 is 0 Å². The Kier molecular flexibility index (Phi) is 7.49. The molecule has 0 saturated heterocycles. The van der Waals surface area contributed by atoms with Gasteiger partial charge in [-0.1, -0.05) is 188 Å². The van der Waals surface area contributed by atoms with E-state index in [9.17, 15) is 0 Å². The van der Waals surface area contributed by atoms with E-state index in [0.29, 0.717) is 17.5 Å². The number of fused-ring (bicyclic) bond motifs is 9. The molecule has 11 aromatic rings. The van der Waals surface area contributed by atoms with Gasteiger partial charge in [0.2, 0.25) is 0 Å². The molecular formula is C53H33N3. The molecule has 0 fully saturated rings. The molecule has 0 aliphatic rings. The van der Waals surface area contributed by atoms with Gasteiger partial charge in [0.15, 0.2) is 17.5 Å². The van der Waals surface area contributed by atoms with Crippen LogP contribution in [-0.4, -0.2) is 15.0 Å². The first kappa shape index (κ1) is 32.0. The summed E-state index contributed by atoms with van der Waals surface area (Å²) in [6.07, 6.45) is 0. The van der Waals surface area contributed by atoms with Gasteiger partial charge < -0.3 is 0 Å². The van der Waals surface area contributed by atoms with Crippen LogP contribution in [0.5, 0.6) is 0 Å². The zero-order chi connectivity index (χ0) is 37.0. The van der Waals surface area contributed by atoms with Gasteiger partial charge in [-0.15, -0.1) is 0 Å². The molecule has 0 amide bonds. The maximum atomic E-state index is 5.08. The molecule has 56 heavy (non-hydrogen) atoms. The second-order valence-corrected chi connectivity index (χ2v) is 14.4. The van der Waals surface area contributed by atoms with E-state index < -0.39 is 0 Å². The highest BCUT2D eigenvalue weighted by atomic mass is 15.0. The summed E-state index contributed by atoms with van der Waals surface area (Å²) < 4.78 is 0. The Morgan fingerprint density at radius 2 is 0.643 bits per heavy atom. The highest BCUT2D eigenvalue weighted by molar-refractivity contribution is 6.33. The van der Waals surface area contributed by atoms with Crippen LogP contribution in [0.1, 0.15) is 0 Å². The Hall–Kier alpha value is -7.49. The summed E-state index contributed by atoms with van der Waals surface area (Å²) in [5, 5.41) is 12.6. The number of hydrogen-bond donors (Lipinski definition) is 0. The highest BCUT2D eigenvalue weighted by Gasteiger charge is 2.17. The fraction of sp³-hybridized carbons (Fsp3) is 0. The Morgan fingerprint density at radius 1 is 0.232 bits per heavy atom. The third-order valence-corrected chi connectivity index (χ3v) is 11.1. The second kappa shape index (κ2) is 13.1. The SMILES string of the molecule is c1ccc(-c2nc(-c3ccc(-c4ccc5ccccc5c4)cc3)nc(-c3ccc(-c4cc5c6ccccc6c6ccccc6c5c5ccccc45)cc3)n2)cc1. The maximum Gasteiger partial charge on any atom is 0.164 e. The fourth-order valence-electron chi connectivity index (χ4n) is 8.34. The maximum absolute atomic E-state index is 5.08. The van der Waals surface area contributed by atoms with Crippen molar-refractivity contribution in [3.63, 3.8) is 0 Å². The minimum atomic E-state index is 0.639. The van der Waals surface area contributed by atoms with Crippen LogP contribution in [0, 0.1) is 0 Å². The van der Waals surface area contributed by atoms with Gasteiger partial charge in [-0.3, -0.25) is 0 Å². The lowest BCUT2D eigenvalue weighted by Gasteiger charge is -2.16. The fourth-order valence-corrected chi connectivity index (χ4v) is 8.34. The Bertz CT molecular complexity index is 3280. The summed E-state index contributed by atoms with van der Waals surface area (Å²) in [5.41, 5.74) is 7.49. The van der Waals surface area contributed by atoms with Crippen molar-refractivity contribution in [2.24, 2.45) is 0 Å². The van der Waals surface area contributed by atoms with E-state index in [1.165, 1.54) is 65.0 Å². The van der Waals surface area contributed by atoms with Crippen molar-refractivity contribution in [1.82, 2.24) is 15.0 Å². The van der Waals surface area contributed by atoms with Crippen LogP contribution in [0.15, 0.2) is 200 Å². The first-order valence-corrected chi connectivity index (χ1v) is 19.0. The first-order valence-electron chi connectivity index (χ1n) is 19.0. The van der Waals surface area contributed by atoms with Crippen LogP contribution in [-0.2, 0) is 0 Å². The lowest BCUT2D eigenvalue weighted by atomic mass is 9.87. The van der Waals surface area contributed by atoms with Crippen molar-refractivity contribution in [3.8, 4) is 56.4 Å². The molecule has 1 aromatic heterocycles. The summed E-state index contributed by atoms with van der Waals surface area (Å²) >= 11 is 0. The van der Waals surface area contributed by atoms with Gasteiger partial charge in [0.1, 0.15) is 0 Å². The summed E-state index contributed by atoms with van der Waals surface area (Å²) in [5.74, 6) is 1.93. The normalized spacial score (nSPS) is 11.6. The van der Waals surface area contributed by atoms with E-state index in [2.05, 4.69) is 170 Å². The van der Waals surface area contributed by atoms with Crippen molar-refractivity contribution >= 4 is 53.9 Å². The standard InChI is InChI=1S/C53H33N3/c1-2-13-37(14-3-1)51-54-52(38-27-22-35(23-28-38)41-31-24-34-12-4-5-15-40(34)32-41)56-53(55-51)39-29-25-36(26-30-39)48-33-49-44-18-7-6-16-42(44)43-17-8-10-20-46(43)50(49)47-21-11-9-19-45(47)48/h1-33H. The van der Waals surface area contributed by atoms with Gasteiger partial charge in [0.05, 0.1) is 0 Å². The molecular weight excluding hydrogens is 679 g/mol. The second-order valence-electron chi connectivity index (χ2n) is 14.4. The van der Waals surface area contributed by atoms with Crippen LogP contribution >= 0.6 is 0 Å². The predicted molar refractivity (Wildman–Crippen MR) is 235 cm³/mol. The zero-order valence-corrected chi connectivity index (χ0v) is 30.4.